The van der Waals surface area contributed by atoms with Crippen molar-refractivity contribution in [1.29, 1.82) is 0 Å². The van der Waals surface area contributed by atoms with Crippen LogP contribution in [0.2, 0.25) is 0 Å². The highest BCUT2D eigenvalue weighted by Crippen LogP contribution is 2.43. The van der Waals surface area contributed by atoms with Crippen LogP contribution in [0.25, 0.3) is 0 Å². The molecule has 1 aliphatic heterocycles. The Kier molecular flexibility index (Phi) is 2.85. The Hall–Kier alpha value is -0.0800. The maximum Gasteiger partial charge on any atom is 0.0331 e. The molecular formula is C13H26N2. The lowest BCUT2D eigenvalue weighted by atomic mass is 9.75. The van der Waals surface area contributed by atoms with Crippen LogP contribution in [0.1, 0.15) is 46.5 Å². The van der Waals surface area contributed by atoms with Gasteiger partial charge in [-0.15, -0.1) is 0 Å². The lowest BCUT2D eigenvalue weighted by Crippen LogP contribution is -2.57. The van der Waals surface area contributed by atoms with Crippen LogP contribution in [0.4, 0.5) is 0 Å². The fraction of sp³-hybridized carbons (Fsp3) is 1.00. The van der Waals surface area contributed by atoms with Crippen LogP contribution in [0.5, 0.6) is 0 Å². The van der Waals surface area contributed by atoms with Crippen LogP contribution < -0.4 is 5.73 Å². The summed E-state index contributed by atoms with van der Waals surface area (Å²) >= 11 is 0. The summed E-state index contributed by atoms with van der Waals surface area (Å²) in [7, 11) is 0. The highest BCUT2D eigenvalue weighted by molar-refractivity contribution is 5.02. The highest BCUT2D eigenvalue weighted by atomic mass is 15.2. The second-order valence-corrected chi connectivity index (χ2v) is 6.58. The molecule has 0 aromatic carbocycles. The van der Waals surface area contributed by atoms with Crippen molar-refractivity contribution in [2.24, 2.45) is 17.1 Å². The van der Waals surface area contributed by atoms with E-state index in [-0.39, 0.29) is 0 Å². The molecule has 2 heteroatoms. The van der Waals surface area contributed by atoms with E-state index in [9.17, 15) is 0 Å². The first-order chi connectivity index (χ1) is 6.98. The van der Waals surface area contributed by atoms with Crippen LogP contribution in [-0.2, 0) is 0 Å². The third kappa shape index (κ3) is 1.94. The molecule has 1 unspecified atom stereocenters. The number of rotatable bonds is 2. The molecule has 2 rings (SSSR count). The molecule has 88 valence electrons. The zero-order chi connectivity index (χ0) is 11.1. The molecular weight excluding hydrogens is 184 g/mol. The maximum absolute atomic E-state index is 5.96. The van der Waals surface area contributed by atoms with Crippen molar-refractivity contribution in [2.45, 2.75) is 52.0 Å². The average molecular weight is 210 g/mol. The molecule has 2 fully saturated rings. The van der Waals surface area contributed by atoms with E-state index in [0.717, 1.165) is 12.5 Å². The van der Waals surface area contributed by atoms with Gasteiger partial charge in [0, 0.05) is 18.6 Å². The summed E-state index contributed by atoms with van der Waals surface area (Å²) in [6, 6.07) is 0. The zero-order valence-electron chi connectivity index (χ0n) is 10.6. The number of hydrogen-bond donors (Lipinski definition) is 1. The Bertz CT molecular complexity index is 220. The summed E-state index contributed by atoms with van der Waals surface area (Å²) < 4.78 is 0. The molecule has 2 nitrogen and oxygen atoms in total. The third-order valence-corrected chi connectivity index (χ3v) is 4.75. The number of nitrogens with two attached hydrogens (primary N) is 1. The zero-order valence-corrected chi connectivity index (χ0v) is 10.6. The van der Waals surface area contributed by atoms with Gasteiger partial charge in [-0.25, -0.2) is 0 Å². The van der Waals surface area contributed by atoms with Crippen molar-refractivity contribution in [3.05, 3.63) is 0 Å². The van der Waals surface area contributed by atoms with Crippen molar-refractivity contribution in [3.8, 4) is 0 Å². The van der Waals surface area contributed by atoms with Crippen molar-refractivity contribution >= 4 is 0 Å². The van der Waals surface area contributed by atoms with Crippen molar-refractivity contribution in [1.82, 2.24) is 4.90 Å². The predicted molar refractivity (Wildman–Crippen MR) is 64.8 cm³/mol. The van der Waals surface area contributed by atoms with E-state index in [1.807, 2.05) is 0 Å². The molecule has 0 bridgehead atoms. The van der Waals surface area contributed by atoms with Crippen molar-refractivity contribution < 1.29 is 0 Å². The molecule has 15 heavy (non-hydrogen) atoms. The van der Waals surface area contributed by atoms with Crippen molar-refractivity contribution in [2.75, 3.05) is 19.6 Å². The molecule has 1 atom stereocenters. The first-order valence-electron chi connectivity index (χ1n) is 6.43. The average Bonchev–Trinajstić information content (AvgIpc) is 2.51. The minimum Gasteiger partial charge on any atom is -0.329 e. The summed E-state index contributed by atoms with van der Waals surface area (Å²) in [5.74, 6) is 0.863. The van der Waals surface area contributed by atoms with Crippen LogP contribution in [0.3, 0.4) is 0 Å². The van der Waals surface area contributed by atoms with Gasteiger partial charge in [0.15, 0.2) is 0 Å². The van der Waals surface area contributed by atoms with Gasteiger partial charge in [-0.1, -0.05) is 20.8 Å². The Morgan fingerprint density at radius 1 is 1.33 bits per heavy atom. The molecule has 2 aliphatic rings. The fourth-order valence-electron chi connectivity index (χ4n) is 3.13. The third-order valence-electron chi connectivity index (χ3n) is 4.75. The van der Waals surface area contributed by atoms with Crippen LogP contribution >= 0.6 is 0 Å². The fourth-order valence-corrected chi connectivity index (χ4v) is 3.13. The predicted octanol–water partition coefficient (Wildman–Crippen LogP) is 2.24. The monoisotopic (exact) mass is 210 g/mol. The number of hydrogen-bond acceptors (Lipinski definition) is 2. The summed E-state index contributed by atoms with van der Waals surface area (Å²) in [6.07, 6.45) is 5.42. The van der Waals surface area contributed by atoms with Crippen LogP contribution in [0.15, 0.2) is 0 Å². The second kappa shape index (κ2) is 3.74. The number of nitrogens with zero attached hydrogens (tertiary/aromatic N) is 1. The van der Waals surface area contributed by atoms with Gasteiger partial charge in [0.25, 0.3) is 0 Å². The van der Waals surface area contributed by atoms with E-state index < -0.39 is 0 Å². The minimum atomic E-state index is 0.403. The van der Waals surface area contributed by atoms with E-state index in [1.54, 1.807) is 0 Å². The first kappa shape index (κ1) is 11.4. The molecule has 0 aromatic heterocycles. The lowest BCUT2D eigenvalue weighted by molar-refractivity contribution is 0.0358. The molecule has 0 amide bonds. The standard InChI is InChI=1S/C13H26N2/c1-12(2,3)11-5-8-15(9-11)13(10-14)6-4-7-13/h11H,4-10,14H2,1-3H3. The van der Waals surface area contributed by atoms with Gasteiger partial charge in [-0.3, -0.25) is 4.90 Å². The van der Waals surface area contributed by atoms with Gasteiger partial charge < -0.3 is 5.73 Å². The van der Waals surface area contributed by atoms with Crippen molar-refractivity contribution in [3.63, 3.8) is 0 Å². The Morgan fingerprint density at radius 2 is 2.00 bits per heavy atom. The molecule has 1 heterocycles. The quantitative estimate of drug-likeness (QED) is 0.757. The summed E-state index contributed by atoms with van der Waals surface area (Å²) in [6.45, 7) is 10.5. The maximum atomic E-state index is 5.96. The Balaban J connectivity index is 1.98. The van der Waals surface area contributed by atoms with E-state index in [0.29, 0.717) is 11.0 Å². The topological polar surface area (TPSA) is 29.3 Å². The van der Waals surface area contributed by atoms with Gasteiger partial charge >= 0.3 is 0 Å². The smallest absolute Gasteiger partial charge is 0.0331 e. The van der Waals surface area contributed by atoms with Crippen LogP contribution in [0, 0.1) is 11.3 Å². The van der Waals surface area contributed by atoms with Gasteiger partial charge in [-0.05, 0) is 43.6 Å². The molecule has 0 spiro atoms. The molecule has 1 saturated carbocycles. The largest absolute Gasteiger partial charge is 0.329 e. The summed E-state index contributed by atoms with van der Waals surface area (Å²) in [5, 5.41) is 0. The molecule has 0 aromatic rings. The van der Waals surface area contributed by atoms with Gasteiger partial charge in [0.2, 0.25) is 0 Å². The van der Waals surface area contributed by atoms with Crippen LogP contribution in [-0.4, -0.2) is 30.1 Å². The van der Waals surface area contributed by atoms with Gasteiger partial charge in [0.1, 0.15) is 0 Å². The van der Waals surface area contributed by atoms with Gasteiger partial charge in [-0.2, -0.15) is 0 Å². The second-order valence-electron chi connectivity index (χ2n) is 6.58. The van der Waals surface area contributed by atoms with E-state index in [1.165, 1.54) is 38.8 Å². The molecule has 1 saturated heterocycles. The number of likely N-dealkylation sites (tertiary alicyclic amines) is 1. The molecule has 0 radical (unpaired) electrons. The lowest BCUT2D eigenvalue weighted by Gasteiger charge is -2.48. The first-order valence-corrected chi connectivity index (χ1v) is 6.43. The minimum absolute atomic E-state index is 0.403. The summed E-state index contributed by atoms with van der Waals surface area (Å²) in [5.41, 5.74) is 6.83. The Morgan fingerprint density at radius 3 is 2.33 bits per heavy atom. The SMILES string of the molecule is CC(C)(C)C1CCN(C2(CN)CCC2)C1. The molecule has 1 aliphatic carbocycles. The van der Waals surface area contributed by atoms with Gasteiger partial charge in [0.05, 0.1) is 0 Å². The van der Waals surface area contributed by atoms with E-state index >= 15 is 0 Å². The highest BCUT2D eigenvalue weighted by Gasteiger charge is 2.45. The van der Waals surface area contributed by atoms with E-state index in [4.69, 9.17) is 5.73 Å². The normalized spacial score (nSPS) is 31.6. The summed E-state index contributed by atoms with van der Waals surface area (Å²) in [4.78, 5) is 2.69. The molecule has 2 N–H and O–H groups in total. The van der Waals surface area contributed by atoms with E-state index in [2.05, 4.69) is 25.7 Å². The Labute approximate surface area is 94.2 Å².